The Balaban J connectivity index is 2.01. The van der Waals surface area contributed by atoms with Crippen molar-refractivity contribution >= 4 is 5.91 Å². The van der Waals surface area contributed by atoms with Gasteiger partial charge in [-0.2, -0.15) is 5.26 Å². The van der Waals surface area contributed by atoms with E-state index in [2.05, 4.69) is 6.07 Å². The zero-order valence-corrected chi connectivity index (χ0v) is 8.94. The summed E-state index contributed by atoms with van der Waals surface area (Å²) in [6, 6.07) is 2.12. The van der Waals surface area contributed by atoms with Crippen molar-refractivity contribution in [2.45, 2.75) is 32.3 Å². The van der Waals surface area contributed by atoms with Gasteiger partial charge in [-0.25, -0.2) is 0 Å². The minimum Gasteiger partial charge on any atom is -0.393 e. The highest BCUT2D eigenvalue weighted by Crippen LogP contribution is 2.46. The highest BCUT2D eigenvalue weighted by molar-refractivity contribution is 5.88. The number of aliphatic hydroxyl groups is 1. The van der Waals surface area contributed by atoms with Crippen LogP contribution in [0.5, 0.6) is 0 Å². The SMILES string of the molecule is CC1CN(C(=O)C2(C#N)CC2)CCC1O. The maximum Gasteiger partial charge on any atom is 0.243 e. The molecule has 0 aromatic heterocycles. The zero-order valence-electron chi connectivity index (χ0n) is 8.94. The number of nitriles is 1. The van der Waals surface area contributed by atoms with Crippen molar-refractivity contribution in [3.8, 4) is 6.07 Å². The molecule has 1 aliphatic carbocycles. The van der Waals surface area contributed by atoms with Crippen LogP contribution in [0.1, 0.15) is 26.2 Å². The van der Waals surface area contributed by atoms with Crippen molar-refractivity contribution in [1.29, 1.82) is 5.26 Å². The summed E-state index contributed by atoms with van der Waals surface area (Å²) < 4.78 is 0. The quantitative estimate of drug-likeness (QED) is 0.683. The van der Waals surface area contributed by atoms with Crippen LogP contribution in [0.4, 0.5) is 0 Å². The van der Waals surface area contributed by atoms with Crippen LogP contribution in [-0.2, 0) is 4.79 Å². The lowest BCUT2D eigenvalue weighted by Gasteiger charge is -2.35. The lowest BCUT2D eigenvalue weighted by atomic mass is 9.95. The average molecular weight is 208 g/mol. The predicted octanol–water partition coefficient (Wildman–Crippen LogP) is 0.519. The van der Waals surface area contributed by atoms with Crippen molar-refractivity contribution in [3.05, 3.63) is 0 Å². The molecule has 1 N–H and O–H groups in total. The first kappa shape index (κ1) is 10.4. The summed E-state index contributed by atoms with van der Waals surface area (Å²) in [5.74, 6) is 0.0981. The monoisotopic (exact) mass is 208 g/mol. The van der Waals surface area contributed by atoms with E-state index in [1.165, 1.54) is 0 Å². The number of carbonyl (C=O) groups is 1. The molecule has 4 nitrogen and oxygen atoms in total. The van der Waals surface area contributed by atoms with E-state index < -0.39 is 5.41 Å². The third kappa shape index (κ3) is 1.72. The average Bonchev–Trinajstić information content (AvgIpc) is 3.02. The van der Waals surface area contributed by atoms with E-state index in [1.807, 2.05) is 6.92 Å². The molecule has 82 valence electrons. The summed E-state index contributed by atoms with van der Waals surface area (Å²) in [6.45, 7) is 3.12. The molecule has 15 heavy (non-hydrogen) atoms. The molecule has 0 radical (unpaired) electrons. The molecule has 1 saturated heterocycles. The summed E-state index contributed by atoms with van der Waals surface area (Å²) in [5.41, 5.74) is -0.706. The van der Waals surface area contributed by atoms with Gasteiger partial charge in [-0.15, -0.1) is 0 Å². The number of hydrogen-bond donors (Lipinski definition) is 1. The second-order valence-corrected chi connectivity index (χ2v) is 4.78. The molecule has 1 saturated carbocycles. The first-order chi connectivity index (χ1) is 7.09. The second kappa shape index (κ2) is 3.49. The summed E-state index contributed by atoms with van der Waals surface area (Å²) in [5, 5.41) is 18.5. The number of carbonyl (C=O) groups excluding carboxylic acids is 1. The van der Waals surface area contributed by atoms with Crippen LogP contribution in [0.25, 0.3) is 0 Å². The van der Waals surface area contributed by atoms with Crippen LogP contribution < -0.4 is 0 Å². The van der Waals surface area contributed by atoms with Crippen molar-refractivity contribution < 1.29 is 9.90 Å². The molecule has 2 unspecified atom stereocenters. The fourth-order valence-corrected chi connectivity index (χ4v) is 2.12. The first-order valence-electron chi connectivity index (χ1n) is 5.48. The van der Waals surface area contributed by atoms with Crippen LogP contribution in [0.2, 0.25) is 0 Å². The van der Waals surface area contributed by atoms with Crippen molar-refractivity contribution in [2.75, 3.05) is 13.1 Å². The highest BCUT2D eigenvalue weighted by Gasteiger charge is 2.53. The molecule has 1 amide bonds. The normalized spacial score (nSPS) is 33.3. The van der Waals surface area contributed by atoms with Gasteiger partial charge in [0, 0.05) is 13.1 Å². The van der Waals surface area contributed by atoms with Crippen molar-refractivity contribution in [1.82, 2.24) is 4.90 Å². The fraction of sp³-hybridized carbons (Fsp3) is 0.818. The first-order valence-corrected chi connectivity index (χ1v) is 5.48. The highest BCUT2D eigenvalue weighted by atomic mass is 16.3. The fourth-order valence-electron chi connectivity index (χ4n) is 2.12. The van der Waals surface area contributed by atoms with E-state index in [1.54, 1.807) is 4.90 Å². The van der Waals surface area contributed by atoms with Crippen LogP contribution in [0.3, 0.4) is 0 Å². The summed E-state index contributed by atoms with van der Waals surface area (Å²) in [6.07, 6.45) is 1.74. The Morgan fingerprint density at radius 1 is 1.60 bits per heavy atom. The molecule has 4 heteroatoms. The third-order valence-corrected chi connectivity index (χ3v) is 3.52. The van der Waals surface area contributed by atoms with E-state index >= 15 is 0 Å². The molecule has 2 atom stereocenters. The van der Waals surface area contributed by atoms with Gasteiger partial charge in [-0.3, -0.25) is 4.79 Å². The van der Waals surface area contributed by atoms with Gasteiger partial charge in [-0.05, 0) is 25.2 Å². The number of nitrogens with zero attached hydrogens (tertiary/aromatic N) is 2. The minimum absolute atomic E-state index is 0.0243. The van der Waals surface area contributed by atoms with Gasteiger partial charge in [0.1, 0.15) is 5.41 Å². The van der Waals surface area contributed by atoms with Crippen molar-refractivity contribution in [2.24, 2.45) is 11.3 Å². The third-order valence-electron chi connectivity index (χ3n) is 3.52. The van der Waals surface area contributed by atoms with E-state index in [4.69, 9.17) is 5.26 Å². The van der Waals surface area contributed by atoms with Gasteiger partial charge in [0.05, 0.1) is 12.2 Å². The number of hydrogen-bond acceptors (Lipinski definition) is 3. The Morgan fingerprint density at radius 3 is 2.73 bits per heavy atom. The maximum absolute atomic E-state index is 12.0. The molecule has 0 aromatic carbocycles. The molecular weight excluding hydrogens is 192 g/mol. The predicted molar refractivity (Wildman–Crippen MR) is 53.6 cm³/mol. The van der Waals surface area contributed by atoms with E-state index in [9.17, 15) is 9.90 Å². The second-order valence-electron chi connectivity index (χ2n) is 4.78. The number of piperidine rings is 1. The van der Waals surface area contributed by atoms with Gasteiger partial charge in [0.15, 0.2) is 0 Å². The van der Waals surface area contributed by atoms with Gasteiger partial charge >= 0.3 is 0 Å². The molecule has 2 rings (SSSR count). The Labute approximate surface area is 89.5 Å². The molecule has 0 bridgehead atoms. The molecule has 0 aromatic rings. The van der Waals surface area contributed by atoms with Gasteiger partial charge in [0.25, 0.3) is 0 Å². The standard InChI is InChI=1S/C11H16N2O2/c1-8-6-13(5-2-9(8)14)10(15)11(7-12)3-4-11/h8-9,14H,2-6H2,1H3. The van der Waals surface area contributed by atoms with Crippen molar-refractivity contribution in [3.63, 3.8) is 0 Å². The lowest BCUT2D eigenvalue weighted by Crippen LogP contribution is -2.47. The molecular formula is C11H16N2O2. The molecule has 1 heterocycles. The number of amides is 1. The van der Waals surface area contributed by atoms with Crippen LogP contribution in [0.15, 0.2) is 0 Å². The zero-order chi connectivity index (χ0) is 11.1. The van der Waals surface area contributed by atoms with Gasteiger partial charge < -0.3 is 10.0 Å². The Morgan fingerprint density at radius 2 is 2.27 bits per heavy atom. The van der Waals surface area contributed by atoms with Gasteiger partial charge in [0.2, 0.25) is 5.91 Å². The van der Waals surface area contributed by atoms with Gasteiger partial charge in [-0.1, -0.05) is 6.92 Å². The summed E-state index contributed by atoms with van der Waals surface area (Å²) in [4.78, 5) is 13.7. The smallest absolute Gasteiger partial charge is 0.243 e. The molecule has 2 aliphatic rings. The largest absolute Gasteiger partial charge is 0.393 e. The van der Waals surface area contributed by atoms with Crippen LogP contribution in [0, 0.1) is 22.7 Å². The molecule has 0 spiro atoms. The van der Waals surface area contributed by atoms with E-state index in [0.717, 1.165) is 0 Å². The number of likely N-dealkylation sites (tertiary alicyclic amines) is 1. The topological polar surface area (TPSA) is 64.3 Å². The Kier molecular flexibility index (Phi) is 2.43. The van der Waals surface area contributed by atoms with E-state index in [0.29, 0.717) is 32.4 Å². The van der Waals surface area contributed by atoms with E-state index in [-0.39, 0.29) is 17.9 Å². The maximum atomic E-state index is 12.0. The molecule has 1 aliphatic heterocycles. The Hall–Kier alpha value is -1.08. The number of rotatable bonds is 1. The molecule has 2 fully saturated rings. The Bertz CT molecular complexity index is 317. The number of aliphatic hydroxyl groups excluding tert-OH is 1. The van der Waals surface area contributed by atoms with Crippen LogP contribution >= 0.6 is 0 Å². The lowest BCUT2D eigenvalue weighted by molar-refractivity contribution is -0.138. The summed E-state index contributed by atoms with van der Waals surface area (Å²) >= 11 is 0. The van der Waals surface area contributed by atoms with Crippen LogP contribution in [-0.4, -0.2) is 35.1 Å². The minimum atomic E-state index is -0.706. The summed E-state index contributed by atoms with van der Waals surface area (Å²) in [7, 11) is 0.